The van der Waals surface area contributed by atoms with Gasteiger partial charge in [0.1, 0.15) is 17.3 Å². The van der Waals surface area contributed by atoms with Crippen LogP contribution < -0.4 is 10.1 Å². The topological polar surface area (TPSA) is 70.6 Å². The van der Waals surface area contributed by atoms with Crippen molar-refractivity contribution >= 4 is 11.7 Å². The second-order valence-electron chi connectivity index (χ2n) is 7.86. The third-order valence-corrected chi connectivity index (χ3v) is 5.64. The van der Waals surface area contributed by atoms with E-state index in [9.17, 15) is 4.79 Å². The number of methoxy groups -OCH3 is 1. The van der Waals surface area contributed by atoms with Gasteiger partial charge in [0.05, 0.1) is 19.5 Å². The molecular weight excluding hydrogens is 366 g/mol. The number of carbonyl (C=O) groups is 1. The number of aromatic nitrogens is 2. The number of ether oxygens (including phenoxy) is 1. The Kier molecular flexibility index (Phi) is 6.24. The molecule has 2 aromatic rings. The molecule has 3 heterocycles. The van der Waals surface area contributed by atoms with Gasteiger partial charge in [0.15, 0.2) is 0 Å². The molecule has 0 bridgehead atoms. The summed E-state index contributed by atoms with van der Waals surface area (Å²) in [5.74, 6) is 1.56. The SMILES string of the molecule is COc1cccc(CN2CCC[C@@H](Nc3cncc(C(=O)N4CCCC4)n3)C2)c1. The minimum Gasteiger partial charge on any atom is -0.497 e. The van der Waals surface area contributed by atoms with Gasteiger partial charge in [-0.1, -0.05) is 12.1 Å². The summed E-state index contributed by atoms with van der Waals surface area (Å²) >= 11 is 0. The zero-order valence-electron chi connectivity index (χ0n) is 17.0. The second kappa shape index (κ2) is 9.22. The van der Waals surface area contributed by atoms with Crippen LogP contribution in [0.4, 0.5) is 5.82 Å². The van der Waals surface area contributed by atoms with Gasteiger partial charge in [-0.15, -0.1) is 0 Å². The zero-order chi connectivity index (χ0) is 20.1. The molecule has 4 rings (SSSR count). The Hall–Kier alpha value is -2.67. The summed E-state index contributed by atoms with van der Waals surface area (Å²) in [6.45, 7) is 4.55. The van der Waals surface area contributed by atoms with Crippen LogP contribution in [0.25, 0.3) is 0 Å². The first kappa shape index (κ1) is 19.6. The lowest BCUT2D eigenvalue weighted by Crippen LogP contribution is -2.41. The number of anilines is 1. The van der Waals surface area contributed by atoms with Gasteiger partial charge in [0.25, 0.3) is 5.91 Å². The molecule has 0 saturated carbocycles. The van der Waals surface area contributed by atoms with Crippen molar-refractivity contribution in [1.82, 2.24) is 19.8 Å². The maximum absolute atomic E-state index is 12.6. The summed E-state index contributed by atoms with van der Waals surface area (Å²) in [5, 5.41) is 3.49. The summed E-state index contributed by atoms with van der Waals surface area (Å²) in [7, 11) is 1.70. The predicted molar refractivity (Wildman–Crippen MR) is 112 cm³/mol. The van der Waals surface area contributed by atoms with Crippen molar-refractivity contribution in [3.8, 4) is 5.75 Å². The first-order valence-corrected chi connectivity index (χ1v) is 10.4. The number of likely N-dealkylation sites (tertiary alicyclic amines) is 2. The van der Waals surface area contributed by atoms with E-state index in [1.165, 1.54) is 5.56 Å². The Labute approximate surface area is 172 Å². The molecule has 0 radical (unpaired) electrons. The number of hydrogen-bond donors (Lipinski definition) is 1. The predicted octanol–water partition coefficient (Wildman–Crippen LogP) is 2.80. The molecule has 1 aromatic carbocycles. The van der Waals surface area contributed by atoms with Gasteiger partial charge in [-0.05, 0) is 49.9 Å². The van der Waals surface area contributed by atoms with Gasteiger partial charge in [-0.2, -0.15) is 0 Å². The maximum Gasteiger partial charge on any atom is 0.274 e. The van der Waals surface area contributed by atoms with Crippen LogP contribution in [0.15, 0.2) is 36.7 Å². The van der Waals surface area contributed by atoms with E-state index in [1.54, 1.807) is 19.5 Å². The molecular formula is C22H29N5O2. The number of piperidine rings is 1. The van der Waals surface area contributed by atoms with Crippen molar-refractivity contribution in [3.63, 3.8) is 0 Å². The zero-order valence-corrected chi connectivity index (χ0v) is 17.0. The normalized spacial score (nSPS) is 19.9. The molecule has 2 saturated heterocycles. The molecule has 2 aliphatic heterocycles. The number of carbonyl (C=O) groups excluding carboxylic acids is 1. The lowest BCUT2D eigenvalue weighted by Gasteiger charge is -2.33. The molecule has 2 fully saturated rings. The van der Waals surface area contributed by atoms with E-state index >= 15 is 0 Å². The third-order valence-electron chi connectivity index (χ3n) is 5.64. The Balaban J connectivity index is 1.36. The van der Waals surface area contributed by atoms with Crippen LogP contribution in [0.5, 0.6) is 5.75 Å². The average molecular weight is 396 g/mol. The minimum atomic E-state index is -0.0121. The fraction of sp³-hybridized carbons (Fsp3) is 0.500. The average Bonchev–Trinajstić information content (AvgIpc) is 3.29. The van der Waals surface area contributed by atoms with E-state index in [-0.39, 0.29) is 5.91 Å². The van der Waals surface area contributed by atoms with E-state index in [2.05, 4.69) is 32.3 Å². The molecule has 1 atom stereocenters. The highest BCUT2D eigenvalue weighted by atomic mass is 16.5. The van der Waals surface area contributed by atoms with Crippen LogP contribution in [-0.4, -0.2) is 65.0 Å². The largest absolute Gasteiger partial charge is 0.497 e. The quantitative estimate of drug-likeness (QED) is 0.811. The number of hydrogen-bond acceptors (Lipinski definition) is 6. The number of rotatable bonds is 6. The molecule has 2 aliphatic rings. The van der Waals surface area contributed by atoms with Crippen LogP contribution in [0.3, 0.4) is 0 Å². The summed E-state index contributed by atoms with van der Waals surface area (Å²) in [5.41, 5.74) is 1.68. The van der Waals surface area contributed by atoms with Crippen molar-refractivity contribution in [3.05, 3.63) is 47.9 Å². The lowest BCUT2D eigenvalue weighted by atomic mass is 10.0. The fourth-order valence-corrected chi connectivity index (χ4v) is 4.18. The van der Waals surface area contributed by atoms with E-state index < -0.39 is 0 Å². The molecule has 0 spiro atoms. The second-order valence-corrected chi connectivity index (χ2v) is 7.86. The molecule has 0 unspecified atom stereocenters. The van der Waals surface area contributed by atoms with E-state index in [0.717, 1.165) is 64.2 Å². The smallest absolute Gasteiger partial charge is 0.274 e. The number of nitrogens with one attached hydrogen (secondary N) is 1. The van der Waals surface area contributed by atoms with Gasteiger partial charge in [0.2, 0.25) is 0 Å². The lowest BCUT2D eigenvalue weighted by molar-refractivity contribution is 0.0786. The van der Waals surface area contributed by atoms with Crippen molar-refractivity contribution in [2.24, 2.45) is 0 Å². The van der Waals surface area contributed by atoms with Crippen LogP contribution >= 0.6 is 0 Å². The Bertz CT molecular complexity index is 837. The number of benzene rings is 1. The molecule has 1 N–H and O–H groups in total. The number of nitrogens with zero attached hydrogens (tertiary/aromatic N) is 4. The fourth-order valence-electron chi connectivity index (χ4n) is 4.18. The standard InChI is InChI=1S/C22H29N5O2/c1-29-19-8-4-6-17(12-19)15-26-9-5-7-18(16-26)24-21-14-23-13-20(25-21)22(28)27-10-2-3-11-27/h4,6,8,12-14,18H,2-3,5,7,9-11,15-16H2,1H3,(H,24,25)/t18-/m1/s1. The summed E-state index contributed by atoms with van der Waals surface area (Å²) in [6, 6.07) is 8.53. The first-order chi connectivity index (χ1) is 14.2. The monoisotopic (exact) mass is 395 g/mol. The van der Waals surface area contributed by atoms with Crippen molar-refractivity contribution < 1.29 is 9.53 Å². The van der Waals surface area contributed by atoms with E-state index in [4.69, 9.17) is 4.74 Å². The van der Waals surface area contributed by atoms with Crippen LogP contribution in [0.1, 0.15) is 41.7 Å². The van der Waals surface area contributed by atoms with Crippen LogP contribution in [0.2, 0.25) is 0 Å². The highest BCUT2D eigenvalue weighted by molar-refractivity contribution is 5.92. The van der Waals surface area contributed by atoms with Gasteiger partial charge >= 0.3 is 0 Å². The molecule has 154 valence electrons. The van der Waals surface area contributed by atoms with Crippen LogP contribution in [-0.2, 0) is 6.54 Å². The summed E-state index contributed by atoms with van der Waals surface area (Å²) in [6.07, 6.45) is 7.64. The van der Waals surface area contributed by atoms with Crippen molar-refractivity contribution in [2.45, 2.75) is 38.3 Å². The maximum atomic E-state index is 12.6. The highest BCUT2D eigenvalue weighted by Crippen LogP contribution is 2.20. The van der Waals surface area contributed by atoms with Gasteiger partial charge < -0.3 is 15.0 Å². The molecule has 0 aliphatic carbocycles. The molecule has 1 amide bonds. The minimum absolute atomic E-state index is 0.0121. The number of amides is 1. The first-order valence-electron chi connectivity index (χ1n) is 10.4. The molecule has 29 heavy (non-hydrogen) atoms. The van der Waals surface area contributed by atoms with Gasteiger partial charge in [-0.3, -0.25) is 14.7 Å². The van der Waals surface area contributed by atoms with Crippen molar-refractivity contribution in [2.75, 3.05) is 38.6 Å². The van der Waals surface area contributed by atoms with E-state index in [0.29, 0.717) is 17.6 Å². The molecule has 7 heteroatoms. The Morgan fingerprint density at radius 1 is 1.21 bits per heavy atom. The van der Waals surface area contributed by atoms with Crippen LogP contribution in [0, 0.1) is 0 Å². The highest BCUT2D eigenvalue weighted by Gasteiger charge is 2.23. The molecule has 7 nitrogen and oxygen atoms in total. The third kappa shape index (κ3) is 5.03. The van der Waals surface area contributed by atoms with E-state index in [1.807, 2.05) is 17.0 Å². The van der Waals surface area contributed by atoms with Gasteiger partial charge in [-0.25, -0.2) is 4.98 Å². The summed E-state index contributed by atoms with van der Waals surface area (Å²) in [4.78, 5) is 25.7. The summed E-state index contributed by atoms with van der Waals surface area (Å²) < 4.78 is 5.33. The van der Waals surface area contributed by atoms with Crippen molar-refractivity contribution in [1.29, 1.82) is 0 Å². The Morgan fingerprint density at radius 2 is 2.07 bits per heavy atom. The molecule has 1 aromatic heterocycles. The van der Waals surface area contributed by atoms with Gasteiger partial charge in [0, 0.05) is 32.2 Å². The Morgan fingerprint density at radius 3 is 2.90 bits per heavy atom.